The summed E-state index contributed by atoms with van der Waals surface area (Å²) in [4.78, 5) is 9.45. The lowest BCUT2D eigenvalue weighted by atomic mass is 9.85. The molecule has 0 fully saturated rings. The van der Waals surface area contributed by atoms with Crippen molar-refractivity contribution in [3.8, 4) is 0 Å². The van der Waals surface area contributed by atoms with E-state index in [1.165, 1.54) is 5.56 Å². The van der Waals surface area contributed by atoms with Crippen molar-refractivity contribution in [2.75, 3.05) is 13.2 Å². The molecule has 1 aromatic carbocycles. The number of hydrogen-bond acceptors (Lipinski definition) is 4. The van der Waals surface area contributed by atoms with Gasteiger partial charge in [-0.05, 0) is 56.9 Å². The van der Waals surface area contributed by atoms with E-state index in [-0.39, 0.29) is 16.5 Å². The molecule has 0 radical (unpaired) electrons. The lowest BCUT2D eigenvalue weighted by molar-refractivity contribution is 0.279. The highest BCUT2D eigenvalue weighted by molar-refractivity contribution is 6.01. The molecule has 0 spiro atoms. The van der Waals surface area contributed by atoms with Gasteiger partial charge in [0, 0.05) is 11.1 Å². The highest BCUT2D eigenvalue weighted by Gasteiger charge is 2.31. The van der Waals surface area contributed by atoms with Crippen molar-refractivity contribution in [1.29, 1.82) is 0 Å². The van der Waals surface area contributed by atoms with E-state index < -0.39 is 0 Å². The van der Waals surface area contributed by atoms with Crippen molar-refractivity contribution >= 4 is 11.8 Å². The fraction of sp³-hybridized carbons (Fsp3) is 0.600. The summed E-state index contributed by atoms with van der Waals surface area (Å²) in [6, 6.07) is 6.42. The van der Waals surface area contributed by atoms with Crippen LogP contribution in [0.25, 0.3) is 0 Å². The van der Waals surface area contributed by atoms with Gasteiger partial charge in [0.2, 0.25) is 11.8 Å². The van der Waals surface area contributed by atoms with Crippen LogP contribution in [0.4, 0.5) is 0 Å². The molecule has 0 aliphatic carbocycles. The molecule has 0 atom stereocenters. The molecule has 0 saturated carbocycles. The van der Waals surface area contributed by atoms with Gasteiger partial charge in [-0.2, -0.15) is 0 Å². The van der Waals surface area contributed by atoms with Gasteiger partial charge in [-0.15, -0.1) is 0 Å². The highest BCUT2D eigenvalue weighted by Crippen LogP contribution is 2.29. The first-order chi connectivity index (χ1) is 11.0. The summed E-state index contributed by atoms with van der Waals surface area (Å²) in [5.74, 6) is 1.43. The van der Waals surface area contributed by atoms with E-state index in [1.54, 1.807) is 0 Å². The van der Waals surface area contributed by atoms with E-state index in [9.17, 15) is 0 Å². The van der Waals surface area contributed by atoms with Gasteiger partial charge in [0.1, 0.15) is 13.2 Å². The Morgan fingerprint density at radius 2 is 1.21 bits per heavy atom. The van der Waals surface area contributed by atoms with Crippen LogP contribution in [0.3, 0.4) is 0 Å². The zero-order valence-electron chi connectivity index (χ0n) is 15.9. The van der Waals surface area contributed by atoms with Gasteiger partial charge in [-0.1, -0.05) is 20.8 Å². The third-order valence-corrected chi connectivity index (χ3v) is 4.23. The Morgan fingerprint density at radius 3 is 1.50 bits per heavy atom. The molecular formula is C20H28N2O2. The topological polar surface area (TPSA) is 43.2 Å². The lowest BCUT2D eigenvalue weighted by Gasteiger charge is -2.21. The van der Waals surface area contributed by atoms with E-state index in [0.717, 1.165) is 11.1 Å². The Kier molecular flexibility index (Phi) is 3.78. The van der Waals surface area contributed by atoms with Gasteiger partial charge < -0.3 is 9.47 Å². The zero-order valence-corrected chi connectivity index (χ0v) is 15.9. The number of nitrogens with zero attached hydrogens (tertiary/aromatic N) is 2. The average Bonchev–Trinajstić information content (AvgIpc) is 2.99. The Hall–Kier alpha value is -1.84. The molecule has 130 valence electrons. The molecule has 3 rings (SSSR count). The van der Waals surface area contributed by atoms with Gasteiger partial charge in [-0.3, -0.25) is 0 Å². The normalized spacial score (nSPS) is 21.8. The molecule has 24 heavy (non-hydrogen) atoms. The summed E-state index contributed by atoms with van der Waals surface area (Å²) in [7, 11) is 0. The molecule has 4 heteroatoms. The molecule has 2 aliphatic heterocycles. The number of aliphatic imine (C=N–C) groups is 2. The molecule has 0 amide bonds. The fourth-order valence-electron chi connectivity index (χ4n) is 2.77. The molecule has 4 nitrogen and oxygen atoms in total. The third-order valence-electron chi connectivity index (χ3n) is 4.23. The van der Waals surface area contributed by atoms with Gasteiger partial charge in [0.05, 0.1) is 11.1 Å². The van der Waals surface area contributed by atoms with E-state index >= 15 is 0 Å². The minimum Gasteiger partial charge on any atom is -0.475 e. The molecule has 0 unspecified atom stereocenters. The summed E-state index contributed by atoms with van der Waals surface area (Å²) < 4.78 is 11.7. The average molecular weight is 328 g/mol. The first-order valence-corrected chi connectivity index (χ1v) is 8.57. The SMILES string of the molecule is CC1(C)COC(c2cc(C3=NC(C)(C)CO3)cc(C(C)(C)C)c2)=N1. The summed E-state index contributed by atoms with van der Waals surface area (Å²) in [6.07, 6.45) is 0. The van der Waals surface area contributed by atoms with Crippen LogP contribution >= 0.6 is 0 Å². The van der Waals surface area contributed by atoms with Crippen LogP contribution in [0.5, 0.6) is 0 Å². The van der Waals surface area contributed by atoms with Gasteiger partial charge in [0.15, 0.2) is 0 Å². The zero-order chi connectivity index (χ0) is 17.8. The molecule has 0 aromatic heterocycles. The van der Waals surface area contributed by atoms with E-state index in [0.29, 0.717) is 25.0 Å². The summed E-state index contributed by atoms with van der Waals surface area (Å²) >= 11 is 0. The number of hydrogen-bond donors (Lipinski definition) is 0. The van der Waals surface area contributed by atoms with E-state index in [1.807, 2.05) is 0 Å². The summed E-state index contributed by atoms with van der Waals surface area (Å²) in [6.45, 7) is 16.2. The largest absolute Gasteiger partial charge is 0.475 e. The Labute approximate surface area is 145 Å². The predicted molar refractivity (Wildman–Crippen MR) is 98.3 cm³/mol. The van der Waals surface area contributed by atoms with Crippen molar-refractivity contribution in [2.24, 2.45) is 9.98 Å². The second-order valence-electron chi connectivity index (χ2n) is 9.09. The smallest absolute Gasteiger partial charge is 0.216 e. The van der Waals surface area contributed by atoms with Gasteiger partial charge in [0.25, 0.3) is 0 Å². The fourth-order valence-corrected chi connectivity index (χ4v) is 2.77. The monoisotopic (exact) mass is 328 g/mol. The molecular weight excluding hydrogens is 300 g/mol. The standard InChI is InChI=1S/C20H28N2O2/c1-18(2,3)15-9-13(16-21-19(4,5)11-23-16)8-14(10-15)17-22-20(6,7)12-24-17/h8-10H,11-12H2,1-7H3. The maximum atomic E-state index is 5.85. The summed E-state index contributed by atoms with van der Waals surface area (Å²) in [5, 5.41) is 0. The van der Waals surface area contributed by atoms with Crippen LogP contribution < -0.4 is 0 Å². The first-order valence-electron chi connectivity index (χ1n) is 8.57. The van der Waals surface area contributed by atoms with Crippen molar-refractivity contribution in [3.05, 3.63) is 34.9 Å². The quantitative estimate of drug-likeness (QED) is 0.820. The maximum absolute atomic E-state index is 5.85. The van der Waals surface area contributed by atoms with Crippen LogP contribution in [-0.4, -0.2) is 36.1 Å². The number of ether oxygens (including phenoxy) is 2. The van der Waals surface area contributed by atoms with Crippen LogP contribution in [0.2, 0.25) is 0 Å². The number of rotatable bonds is 2. The van der Waals surface area contributed by atoms with Crippen molar-refractivity contribution in [3.63, 3.8) is 0 Å². The van der Waals surface area contributed by atoms with Crippen molar-refractivity contribution in [2.45, 2.75) is 65.0 Å². The molecule has 1 aromatic rings. The first kappa shape index (κ1) is 17.0. The maximum Gasteiger partial charge on any atom is 0.216 e. The van der Waals surface area contributed by atoms with E-state index in [4.69, 9.17) is 19.5 Å². The van der Waals surface area contributed by atoms with Crippen LogP contribution in [0.15, 0.2) is 28.2 Å². The minimum atomic E-state index is -0.170. The molecule has 2 heterocycles. The molecule has 2 aliphatic rings. The van der Waals surface area contributed by atoms with Crippen LogP contribution in [-0.2, 0) is 14.9 Å². The van der Waals surface area contributed by atoms with Crippen LogP contribution in [0.1, 0.15) is 65.2 Å². The van der Waals surface area contributed by atoms with Crippen LogP contribution in [0, 0.1) is 0 Å². The highest BCUT2D eigenvalue weighted by atomic mass is 16.5. The third kappa shape index (κ3) is 3.47. The van der Waals surface area contributed by atoms with Crippen molar-refractivity contribution < 1.29 is 9.47 Å². The second kappa shape index (κ2) is 5.33. The molecule has 0 N–H and O–H groups in total. The Bertz CT molecular complexity index is 669. The minimum absolute atomic E-state index is 0.0219. The Balaban J connectivity index is 2.09. The molecule has 0 saturated heterocycles. The lowest BCUT2D eigenvalue weighted by Crippen LogP contribution is -2.17. The van der Waals surface area contributed by atoms with Crippen molar-refractivity contribution in [1.82, 2.24) is 0 Å². The van der Waals surface area contributed by atoms with E-state index in [2.05, 4.69) is 66.7 Å². The number of benzene rings is 1. The van der Waals surface area contributed by atoms with Gasteiger partial charge in [-0.25, -0.2) is 9.98 Å². The predicted octanol–water partition coefficient (Wildman–Crippen LogP) is 4.09. The Morgan fingerprint density at radius 1 is 0.792 bits per heavy atom. The molecule has 0 bridgehead atoms. The van der Waals surface area contributed by atoms with Gasteiger partial charge >= 0.3 is 0 Å². The second-order valence-corrected chi connectivity index (χ2v) is 9.09. The summed E-state index contributed by atoms with van der Waals surface area (Å²) in [5.41, 5.74) is 2.90.